The summed E-state index contributed by atoms with van der Waals surface area (Å²) in [7, 11) is 0. The molecule has 1 aromatic heterocycles. The first-order chi connectivity index (χ1) is 10.1. The van der Waals surface area contributed by atoms with Crippen molar-refractivity contribution in [3.05, 3.63) is 47.2 Å². The van der Waals surface area contributed by atoms with Crippen molar-refractivity contribution in [2.24, 2.45) is 0 Å². The summed E-state index contributed by atoms with van der Waals surface area (Å²) in [6.45, 7) is 5.08. The number of hydrogen-bond acceptors (Lipinski definition) is 4. The number of ketones is 1. The van der Waals surface area contributed by atoms with Gasteiger partial charge in [-0.05, 0) is 30.3 Å². The maximum absolute atomic E-state index is 11.3. The molecule has 0 N–H and O–H groups in total. The van der Waals surface area contributed by atoms with Crippen LogP contribution in [0.1, 0.15) is 17.5 Å². The fourth-order valence-electron chi connectivity index (χ4n) is 2.52. The normalized spacial score (nSPS) is 15.3. The van der Waals surface area contributed by atoms with Gasteiger partial charge < -0.3 is 14.2 Å². The Morgan fingerprint density at radius 1 is 1.00 bits per heavy atom. The van der Waals surface area contributed by atoms with Crippen LogP contribution in [0.25, 0.3) is 0 Å². The molecule has 1 fully saturated rings. The molecule has 0 atom stereocenters. The van der Waals surface area contributed by atoms with Crippen LogP contribution in [-0.4, -0.2) is 32.0 Å². The molecule has 1 aromatic carbocycles. The highest BCUT2D eigenvalue weighted by molar-refractivity contribution is 6.30. The summed E-state index contributed by atoms with van der Waals surface area (Å²) >= 11 is 5.91. The number of benzene rings is 1. The number of piperazine rings is 1. The van der Waals surface area contributed by atoms with Crippen molar-refractivity contribution >= 4 is 29.0 Å². The van der Waals surface area contributed by atoms with Gasteiger partial charge in [-0.1, -0.05) is 11.6 Å². The van der Waals surface area contributed by atoms with E-state index < -0.39 is 0 Å². The number of hydrogen-bond donors (Lipinski definition) is 0. The van der Waals surface area contributed by atoms with E-state index in [0.717, 1.165) is 37.1 Å². The van der Waals surface area contributed by atoms with Gasteiger partial charge in [-0.3, -0.25) is 4.79 Å². The first-order valence-corrected chi connectivity index (χ1v) is 7.37. The zero-order valence-electron chi connectivity index (χ0n) is 11.9. The molecule has 0 amide bonds. The summed E-state index contributed by atoms with van der Waals surface area (Å²) in [5, 5.41) is 0.754. The minimum atomic E-state index is -0.0407. The number of nitrogens with zero attached hydrogens (tertiary/aromatic N) is 2. The number of carbonyl (C=O) groups excluding carboxylic acids is 1. The van der Waals surface area contributed by atoms with Crippen LogP contribution < -0.4 is 9.80 Å². The molecular formula is C16H17ClN2O2. The van der Waals surface area contributed by atoms with Crippen LogP contribution in [0.4, 0.5) is 11.6 Å². The van der Waals surface area contributed by atoms with Gasteiger partial charge in [0.25, 0.3) is 0 Å². The Labute approximate surface area is 128 Å². The molecule has 1 saturated heterocycles. The van der Waals surface area contributed by atoms with E-state index >= 15 is 0 Å². The molecule has 0 radical (unpaired) electrons. The second kappa shape index (κ2) is 5.82. The number of carbonyl (C=O) groups is 1. The summed E-state index contributed by atoms with van der Waals surface area (Å²) < 4.78 is 5.58. The van der Waals surface area contributed by atoms with Gasteiger partial charge >= 0.3 is 0 Å². The summed E-state index contributed by atoms with van der Waals surface area (Å²) in [5.74, 6) is 1.15. The van der Waals surface area contributed by atoms with Crippen LogP contribution in [0.2, 0.25) is 5.02 Å². The number of halogens is 1. The van der Waals surface area contributed by atoms with Gasteiger partial charge in [-0.2, -0.15) is 0 Å². The summed E-state index contributed by atoms with van der Waals surface area (Å²) in [6, 6.07) is 11.5. The number of furan rings is 1. The van der Waals surface area contributed by atoms with E-state index in [2.05, 4.69) is 9.80 Å². The van der Waals surface area contributed by atoms with E-state index in [4.69, 9.17) is 16.0 Å². The molecule has 5 heteroatoms. The highest BCUT2D eigenvalue weighted by atomic mass is 35.5. The summed E-state index contributed by atoms with van der Waals surface area (Å²) in [4.78, 5) is 15.8. The van der Waals surface area contributed by atoms with Crippen LogP contribution in [0.15, 0.2) is 40.8 Å². The lowest BCUT2D eigenvalue weighted by Gasteiger charge is -2.36. The smallest absolute Gasteiger partial charge is 0.196 e. The molecule has 2 heterocycles. The quantitative estimate of drug-likeness (QED) is 0.814. The molecule has 110 valence electrons. The third-order valence-corrected chi connectivity index (χ3v) is 3.97. The first kappa shape index (κ1) is 14.0. The lowest BCUT2D eigenvalue weighted by Crippen LogP contribution is -2.46. The van der Waals surface area contributed by atoms with Crippen molar-refractivity contribution in [3.8, 4) is 0 Å². The molecule has 0 saturated carbocycles. The van der Waals surface area contributed by atoms with E-state index in [-0.39, 0.29) is 5.78 Å². The van der Waals surface area contributed by atoms with Gasteiger partial charge in [0, 0.05) is 49.9 Å². The molecule has 21 heavy (non-hydrogen) atoms. The van der Waals surface area contributed by atoms with Gasteiger partial charge in [-0.15, -0.1) is 0 Å². The molecule has 2 aromatic rings. The Morgan fingerprint density at radius 2 is 1.62 bits per heavy atom. The SMILES string of the molecule is CC(=O)c1ccc(N2CCN(c3ccc(Cl)cc3)CC2)o1. The molecule has 3 rings (SSSR count). The molecule has 0 unspecified atom stereocenters. The predicted molar refractivity (Wildman–Crippen MR) is 84.6 cm³/mol. The van der Waals surface area contributed by atoms with Crippen molar-refractivity contribution < 1.29 is 9.21 Å². The molecular weight excluding hydrogens is 288 g/mol. The standard InChI is InChI=1S/C16H17ClN2O2/c1-12(20)15-6-7-16(21-15)19-10-8-18(9-11-19)14-4-2-13(17)3-5-14/h2-7H,8-11H2,1H3. The van der Waals surface area contributed by atoms with Crippen molar-refractivity contribution in [3.63, 3.8) is 0 Å². The molecule has 4 nitrogen and oxygen atoms in total. The molecule has 0 bridgehead atoms. The zero-order chi connectivity index (χ0) is 14.8. The molecule has 1 aliphatic rings. The Morgan fingerprint density at radius 3 is 2.19 bits per heavy atom. The Kier molecular flexibility index (Phi) is 3.88. The monoisotopic (exact) mass is 304 g/mol. The van der Waals surface area contributed by atoms with E-state index in [9.17, 15) is 4.79 Å². The third-order valence-electron chi connectivity index (χ3n) is 3.72. The molecule has 1 aliphatic heterocycles. The van der Waals surface area contributed by atoms with Crippen LogP contribution >= 0.6 is 11.6 Å². The lowest BCUT2D eigenvalue weighted by atomic mass is 10.2. The van der Waals surface area contributed by atoms with Gasteiger partial charge in [0.05, 0.1) is 0 Å². The highest BCUT2D eigenvalue weighted by Gasteiger charge is 2.20. The largest absolute Gasteiger partial charge is 0.437 e. The van der Waals surface area contributed by atoms with Crippen molar-refractivity contribution in [1.82, 2.24) is 0 Å². The van der Waals surface area contributed by atoms with Crippen LogP contribution in [0, 0.1) is 0 Å². The first-order valence-electron chi connectivity index (χ1n) is 7.00. The predicted octanol–water partition coefficient (Wildman–Crippen LogP) is 3.46. The zero-order valence-corrected chi connectivity index (χ0v) is 12.6. The van der Waals surface area contributed by atoms with Gasteiger partial charge in [0.2, 0.25) is 0 Å². The minimum absolute atomic E-state index is 0.0407. The molecule has 0 aliphatic carbocycles. The Bertz CT molecular complexity index is 628. The van der Waals surface area contributed by atoms with E-state index in [0.29, 0.717) is 5.76 Å². The fourth-order valence-corrected chi connectivity index (χ4v) is 2.65. The van der Waals surface area contributed by atoms with Crippen LogP contribution in [0.5, 0.6) is 0 Å². The van der Waals surface area contributed by atoms with E-state index in [1.807, 2.05) is 30.3 Å². The van der Waals surface area contributed by atoms with Crippen molar-refractivity contribution in [2.45, 2.75) is 6.92 Å². The lowest BCUT2D eigenvalue weighted by molar-refractivity contribution is 0.0987. The summed E-state index contributed by atoms with van der Waals surface area (Å²) in [5.41, 5.74) is 1.18. The maximum Gasteiger partial charge on any atom is 0.196 e. The van der Waals surface area contributed by atoms with Crippen LogP contribution in [0.3, 0.4) is 0 Å². The van der Waals surface area contributed by atoms with Crippen molar-refractivity contribution in [1.29, 1.82) is 0 Å². The topological polar surface area (TPSA) is 36.7 Å². The van der Waals surface area contributed by atoms with Crippen LogP contribution in [-0.2, 0) is 0 Å². The average Bonchev–Trinajstić information content (AvgIpc) is 2.98. The minimum Gasteiger partial charge on any atom is -0.437 e. The second-order valence-electron chi connectivity index (χ2n) is 5.14. The van der Waals surface area contributed by atoms with E-state index in [1.54, 1.807) is 6.07 Å². The van der Waals surface area contributed by atoms with Gasteiger partial charge in [0.15, 0.2) is 17.4 Å². The second-order valence-corrected chi connectivity index (χ2v) is 5.58. The highest BCUT2D eigenvalue weighted by Crippen LogP contribution is 2.23. The maximum atomic E-state index is 11.3. The van der Waals surface area contributed by atoms with Crippen molar-refractivity contribution in [2.75, 3.05) is 36.0 Å². The fraction of sp³-hybridized carbons (Fsp3) is 0.312. The summed E-state index contributed by atoms with van der Waals surface area (Å²) in [6.07, 6.45) is 0. The van der Waals surface area contributed by atoms with Gasteiger partial charge in [-0.25, -0.2) is 0 Å². The number of rotatable bonds is 3. The third kappa shape index (κ3) is 3.05. The Balaban J connectivity index is 1.64. The van der Waals surface area contributed by atoms with Gasteiger partial charge in [0.1, 0.15) is 0 Å². The Hall–Kier alpha value is -1.94. The number of anilines is 2. The average molecular weight is 305 g/mol. The number of Topliss-reactive ketones (excluding diaryl/α,β-unsaturated/α-hetero) is 1. The molecule has 0 spiro atoms. The van der Waals surface area contributed by atoms with E-state index in [1.165, 1.54) is 12.6 Å².